The molecule has 136 valence electrons. The first-order valence-electron chi connectivity index (χ1n) is 8.09. The van der Waals surface area contributed by atoms with E-state index in [1.165, 1.54) is 20.5 Å². The zero-order chi connectivity index (χ0) is 18.8. The molecule has 2 aromatic heterocycles. The van der Waals surface area contributed by atoms with Gasteiger partial charge >= 0.3 is 5.69 Å². The molecule has 26 heavy (non-hydrogen) atoms. The molecule has 1 amide bonds. The predicted octanol–water partition coefficient (Wildman–Crippen LogP) is 2.45. The second-order valence-corrected chi connectivity index (χ2v) is 6.97. The van der Waals surface area contributed by atoms with Gasteiger partial charge in [-0.3, -0.25) is 18.7 Å². The molecule has 8 heteroatoms. The molecule has 0 saturated carbocycles. The summed E-state index contributed by atoms with van der Waals surface area (Å²) < 4.78 is 8.07. The van der Waals surface area contributed by atoms with Gasteiger partial charge in [-0.25, -0.2) is 4.79 Å². The van der Waals surface area contributed by atoms with Gasteiger partial charge in [0.1, 0.15) is 17.0 Å². The molecule has 0 atom stereocenters. The van der Waals surface area contributed by atoms with Crippen molar-refractivity contribution >= 4 is 33.1 Å². The van der Waals surface area contributed by atoms with E-state index >= 15 is 0 Å². The van der Waals surface area contributed by atoms with Crippen LogP contribution in [0.4, 0.5) is 5.69 Å². The molecule has 0 spiro atoms. The average molecular weight is 373 g/mol. The Balaban J connectivity index is 1.95. The van der Waals surface area contributed by atoms with Gasteiger partial charge in [0.2, 0.25) is 5.91 Å². The highest BCUT2D eigenvalue weighted by Gasteiger charge is 2.17. The van der Waals surface area contributed by atoms with Crippen molar-refractivity contribution in [2.24, 2.45) is 0 Å². The van der Waals surface area contributed by atoms with Crippen LogP contribution in [-0.4, -0.2) is 22.2 Å². The molecule has 3 rings (SSSR count). The molecule has 0 aliphatic rings. The number of amides is 1. The third-order valence-electron chi connectivity index (χ3n) is 3.98. The minimum absolute atomic E-state index is 0.176. The Bertz CT molecular complexity index is 1060. The van der Waals surface area contributed by atoms with E-state index in [9.17, 15) is 14.4 Å². The monoisotopic (exact) mass is 373 g/mol. The van der Waals surface area contributed by atoms with Crippen molar-refractivity contribution in [3.05, 3.63) is 56.5 Å². The highest BCUT2D eigenvalue weighted by molar-refractivity contribution is 7.17. The minimum atomic E-state index is -0.485. The number of hydrogen-bond acceptors (Lipinski definition) is 5. The lowest BCUT2D eigenvalue weighted by atomic mass is 10.3. The number of anilines is 1. The summed E-state index contributed by atoms with van der Waals surface area (Å²) in [6.07, 6.45) is 0. The molecule has 0 fully saturated rings. The summed E-state index contributed by atoms with van der Waals surface area (Å²) in [7, 11) is 1.57. The van der Waals surface area contributed by atoms with Crippen LogP contribution in [0.15, 0.2) is 45.3 Å². The van der Waals surface area contributed by atoms with Gasteiger partial charge in [-0.2, -0.15) is 0 Å². The standard InChI is InChI=1S/C18H19N3O4S/c1-11(2)21-17(23)16-14(8-9-26-16)20(18(21)24)10-15(22)19-12-4-6-13(25-3)7-5-12/h4-9,11H,10H2,1-3H3,(H,19,22). The van der Waals surface area contributed by atoms with E-state index in [0.29, 0.717) is 21.7 Å². The summed E-state index contributed by atoms with van der Waals surface area (Å²) in [5.74, 6) is 0.335. The number of nitrogens with one attached hydrogen (secondary N) is 1. The molecular weight excluding hydrogens is 354 g/mol. The van der Waals surface area contributed by atoms with E-state index in [4.69, 9.17) is 4.74 Å². The van der Waals surface area contributed by atoms with Crippen LogP contribution in [0.3, 0.4) is 0 Å². The molecular formula is C18H19N3O4S. The second kappa shape index (κ2) is 7.17. The molecule has 1 N–H and O–H groups in total. The summed E-state index contributed by atoms with van der Waals surface area (Å²) in [5, 5.41) is 4.50. The maximum Gasteiger partial charge on any atom is 0.332 e. The smallest absolute Gasteiger partial charge is 0.332 e. The Labute approximate surface area is 153 Å². The van der Waals surface area contributed by atoms with Crippen LogP contribution in [-0.2, 0) is 11.3 Å². The van der Waals surface area contributed by atoms with Gasteiger partial charge in [-0.15, -0.1) is 11.3 Å². The van der Waals surface area contributed by atoms with Gasteiger partial charge in [0.15, 0.2) is 0 Å². The number of hydrogen-bond donors (Lipinski definition) is 1. The Morgan fingerprint density at radius 1 is 1.19 bits per heavy atom. The SMILES string of the molecule is COc1ccc(NC(=O)Cn2c(=O)n(C(C)C)c(=O)c3sccc32)cc1. The molecule has 1 aromatic carbocycles. The minimum Gasteiger partial charge on any atom is -0.497 e. The fourth-order valence-corrected chi connectivity index (χ4v) is 3.56. The lowest BCUT2D eigenvalue weighted by Crippen LogP contribution is -2.42. The van der Waals surface area contributed by atoms with Crippen LogP contribution in [0.5, 0.6) is 5.75 Å². The normalized spacial score (nSPS) is 11.1. The van der Waals surface area contributed by atoms with Gasteiger partial charge in [-0.1, -0.05) is 0 Å². The molecule has 7 nitrogen and oxygen atoms in total. The lowest BCUT2D eigenvalue weighted by molar-refractivity contribution is -0.116. The average Bonchev–Trinajstić information content (AvgIpc) is 3.09. The van der Waals surface area contributed by atoms with E-state index < -0.39 is 5.69 Å². The van der Waals surface area contributed by atoms with Crippen LogP contribution in [0.2, 0.25) is 0 Å². The number of methoxy groups -OCH3 is 1. The second-order valence-electron chi connectivity index (χ2n) is 6.05. The fourth-order valence-electron chi connectivity index (χ4n) is 2.73. The van der Waals surface area contributed by atoms with E-state index in [-0.39, 0.29) is 24.1 Å². The van der Waals surface area contributed by atoms with Gasteiger partial charge < -0.3 is 10.1 Å². The maximum absolute atomic E-state index is 12.7. The Morgan fingerprint density at radius 3 is 2.50 bits per heavy atom. The van der Waals surface area contributed by atoms with Crippen LogP contribution in [0, 0.1) is 0 Å². The first-order chi connectivity index (χ1) is 12.4. The maximum atomic E-state index is 12.7. The Hall–Kier alpha value is -2.87. The van der Waals surface area contributed by atoms with Crippen molar-refractivity contribution < 1.29 is 9.53 Å². The molecule has 0 aliphatic carbocycles. The zero-order valence-electron chi connectivity index (χ0n) is 14.7. The van der Waals surface area contributed by atoms with Gasteiger partial charge in [0, 0.05) is 11.7 Å². The number of fused-ring (bicyclic) bond motifs is 1. The molecule has 0 saturated heterocycles. The number of carbonyl (C=O) groups is 1. The van der Waals surface area contributed by atoms with E-state index in [1.54, 1.807) is 56.7 Å². The number of thiophene rings is 1. The Morgan fingerprint density at radius 2 is 1.88 bits per heavy atom. The van der Waals surface area contributed by atoms with Crippen LogP contribution < -0.4 is 21.3 Å². The third kappa shape index (κ3) is 3.28. The number of carbonyl (C=O) groups excluding carboxylic acids is 1. The van der Waals surface area contributed by atoms with Crippen molar-refractivity contribution in [1.82, 2.24) is 9.13 Å². The van der Waals surface area contributed by atoms with Crippen molar-refractivity contribution in [2.45, 2.75) is 26.4 Å². The molecule has 2 heterocycles. The quantitative estimate of drug-likeness (QED) is 0.745. The molecule has 0 aliphatic heterocycles. The summed E-state index contributed by atoms with van der Waals surface area (Å²) in [6.45, 7) is 3.36. The summed E-state index contributed by atoms with van der Waals surface area (Å²) in [4.78, 5) is 37.7. The highest BCUT2D eigenvalue weighted by atomic mass is 32.1. The van der Waals surface area contributed by atoms with E-state index in [2.05, 4.69) is 5.32 Å². The largest absolute Gasteiger partial charge is 0.497 e. The van der Waals surface area contributed by atoms with Gasteiger partial charge in [-0.05, 0) is 49.6 Å². The summed E-state index contributed by atoms with van der Waals surface area (Å²) in [6, 6.07) is 8.30. The molecule has 0 unspecified atom stereocenters. The summed E-state index contributed by atoms with van der Waals surface area (Å²) >= 11 is 1.26. The predicted molar refractivity (Wildman–Crippen MR) is 102 cm³/mol. The van der Waals surface area contributed by atoms with E-state index in [1.807, 2.05) is 0 Å². The Kier molecular flexibility index (Phi) is 4.94. The number of ether oxygens (including phenoxy) is 1. The number of benzene rings is 1. The number of aromatic nitrogens is 2. The van der Waals surface area contributed by atoms with Crippen molar-refractivity contribution in [2.75, 3.05) is 12.4 Å². The van der Waals surface area contributed by atoms with Crippen molar-refractivity contribution in [3.63, 3.8) is 0 Å². The number of rotatable bonds is 5. The molecule has 3 aromatic rings. The van der Waals surface area contributed by atoms with Gasteiger partial charge in [0.05, 0.1) is 12.6 Å². The first kappa shape index (κ1) is 17.9. The van der Waals surface area contributed by atoms with Gasteiger partial charge in [0.25, 0.3) is 5.56 Å². The van der Waals surface area contributed by atoms with Crippen LogP contribution in [0.1, 0.15) is 19.9 Å². The first-order valence-corrected chi connectivity index (χ1v) is 8.96. The topological polar surface area (TPSA) is 82.3 Å². The van der Waals surface area contributed by atoms with Crippen LogP contribution >= 0.6 is 11.3 Å². The van der Waals surface area contributed by atoms with Crippen molar-refractivity contribution in [3.8, 4) is 5.75 Å². The molecule has 0 bridgehead atoms. The van der Waals surface area contributed by atoms with E-state index in [0.717, 1.165) is 0 Å². The fraction of sp³-hybridized carbons (Fsp3) is 0.278. The summed E-state index contributed by atoms with van der Waals surface area (Å²) in [5.41, 5.74) is 0.275. The third-order valence-corrected chi connectivity index (χ3v) is 4.87. The lowest BCUT2D eigenvalue weighted by Gasteiger charge is -2.14. The zero-order valence-corrected chi connectivity index (χ0v) is 15.5. The van der Waals surface area contributed by atoms with Crippen LogP contribution in [0.25, 0.3) is 10.2 Å². The number of nitrogens with zero attached hydrogens (tertiary/aromatic N) is 2. The van der Waals surface area contributed by atoms with Crippen molar-refractivity contribution in [1.29, 1.82) is 0 Å². The molecule has 0 radical (unpaired) electrons. The highest BCUT2D eigenvalue weighted by Crippen LogP contribution is 2.17.